The van der Waals surface area contributed by atoms with Crippen LogP contribution in [0.15, 0.2) is 0 Å². The lowest BCUT2D eigenvalue weighted by Gasteiger charge is -2.38. The summed E-state index contributed by atoms with van der Waals surface area (Å²) in [5.74, 6) is 0. The fourth-order valence-electron chi connectivity index (χ4n) is 0. The highest BCUT2D eigenvalue weighted by Gasteiger charge is 2.29. The summed E-state index contributed by atoms with van der Waals surface area (Å²) in [5, 5.41) is 10.7. The topological polar surface area (TPSA) is 23.1 Å². The Bertz CT molecular complexity index is 66.3. The molecule has 0 aromatic heterocycles. The van der Waals surface area contributed by atoms with E-state index in [9.17, 15) is 5.11 Å². The summed E-state index contributed by atoms with van der Waals surface area (Å²) in [6.45, 7) is 2.64. The molecule has 0 rings (SSSR count). The second kappa shape index (κ2) is 2.22. The van der Waals surface area contributed by atoms with Crippen LogP contribution in [-0.2, 0) is 0 Å². The predicted molar refractivity (Wildman–Crippen MR) is 34.4 cm³/mol. The third kappa shape index (κ3) is 2.40. The highest BCUT2D eigenvalue weighted by atomic mass is 35.6. The van der Waals surface area contributed by atoms with Crippen LogP contribution in [-0.4, -0.2) is 9.39 Å². The van der Waals surface area contributed by atoms with Crippen LogP contribution in [0.2, 0.25) is 0 Å². The van der Waals surface area contributed by atoms with E-state index in [0.717, 1.165) is 0 Å². The van der Waals surface area contributed by atoms with Crippen molar-refractivity contribution in [2.75, 3.05) is 0 Å². The van der Waals surface area contributed by atoms with Gasteiger partial charge in [-0.1, -0.05) is 54.3 Å². The average molecular weight is 176 g/mol. The van der Waals surface area contributed by atoms with Crippen molar-refractivity contribution in [3.05, 3.63) is 0 Å². The maximum absolute atomic E-state index is 10.7. The van der Waals surface area contributed by atoms with Crippen LogP contribution in [0.3, 0.4) is 0 Å². The van der Waals surface area contributed by atoms with E-state index in [2.05, 4.69) is 0 Å². The van der Waals surface area contributed by atoms with Gasteiger partial charge in [-0.3, -0.25) is 0 Å². The first-order valence-corrected chi connectivity index (χ1v) is 3.15. The molecule has 0 aliphatic heterocycles. The lowest BCUT2D eigenvalue weighted by molar-refractivity contribution is -0.464. The van der Waals surface area contributed by atoms with Crippen molar-refractivity contribution < 1.29 is 5.11 Å². The van der Waals surface area contributed by atoms with Crippen LogP contribution >= 0.6 is 34.8 Å². The maximum atomic E-state index is 10.7. The summed E-state index contributed by atoms with van der Waals surface area (Å²) < 4.78 is -1.70. The second-order valence-corrected chi connectivity index (χ2v) is 4.29. The zero-order valence-corrected chi connectivity index (χ0v) is 6.81. The molecular weight excluding hydrogens is 170 g/mol. The van der Waals surface area contributed by atoms with Crippen LogP contribution in [0.1, 0.15) is 13.8 Å². The lowest BCUT2D eigenvalue weighted by atomic mass is 10.2. The van der Waals surface area contributed by atoms with Gasteiger partial charge in [-0.15, -0.1) is 0 Å². The molecule has 0 heterocycles. The van der Waals surface area contributed by atoms with E-state index in [0.29, 0.717) is 0 Å². The molecule has 1 nitrogen and oxygen atoms in total. The summed E-state index contributed by atoms with van der Waals surface area (Å²) in [5.41, 5.74) is -1.52. The maximum Gasteiger partial charge on any atom is 0.180 e. The Morgan fingerprint density at radius 2 is 1.25 bits per heavy atom. The molecule has 0 fully saturated rings. The standard InChI is InChI=1S/C4H6Cl3O/c1-3(2,8)4(5,6)7/h1-2H3/q-1. The van der Waals surface area contributed by atoms with Crippen molar-refractivity contribution in [2.24, 2.45) is 0 Å². The molecular formula is C4H6Cl3O-. The molecule has 0 aliphatic rings. The molecule has 0 atom stereocenters. The minimum Gasteiger partial charge on any atom is -0.847 e. The van der Waals surface area contributed by atoms with E-state index in [4.69, 9.17) is 34.8 Å². The predicted octanol–water partition coefficient (Wildman–Crippen LogP) is 1.50. The molecule has 4 heteroatoms. The van der Waals surface area contributed by atoms with Crippen LogP contribution in [0, 0.1) is 0 Å². The van der Waals surface area contributed by atoms with Gasteiger partial charge in [-0.2, -0.15) is 0 Å². The van der Waals surface area contributed by atoms with Crippen molar-refractivity contribution in [1.82, 2.24) is 0 Å². The van der Waals surface area contributed by atoms with Crippen molar-refractivity contribution in [1.29, 1.82) is 0 Å². The third-order valence-electron chi connectivity index (χ3n) is 0.683. The fraction of sp³-hybridized carbons (Fsp3) is 1.00. The SMILES string of the molecule is CC(C)([O-])C(Cl)(Cl)Cl. The van der Waals surface area contributed by atoms with E-state index in [1.54, 1.807) is 0 Å². The van der Waals surface area contributed by atoms with Crippen molar-refractivity contribution in [3.8, 4) is 0 Å². The highest BCUT2D eigenvalue weighted by molar-refractivity contribution is 6.68. The van der Waals surface area contributed by atoms with Gasteiger partial charge in [0.05, 0.1) is 0 Å². The molecule has 0 spiro atoms. The number of halogens is 3. The molecule has 0 aliphatic carbocycles. The van der Waals surface area contributed by atoms with Crippen molar-refractivity contribution in [3.63, 3.8) is 0 Å². The largest absolute Gasteiger partial charge is 0.847 e. The molecule has 50 valence electrons. The Balaban J connectivity index is 4.02. The summed E-state index contributed by atoms with van der Waals surface area (Å²) in [6, 6.07) is 0. The first kappa shape index (κ1) is 8.83. The van der Waals surface area contributed by atoms with Gasteiger partial charge in [-0.25, -0.2) is 0 Å². The van der Waals surface area contributed by atoms with E-state index in [1.807, 2.05) is 0 Å². The van der Waals surface area contributed by atoms with Crippen LogP contribution in [0.25, 0.3) is 0 Å². The minimum atomic E-state index is -1.70. The van der Waals surface area contributed by atoms with Crippen LogP contribution in [0.4, 0.5) is 0 Å². The monoisotopic (exact) mass is 175 g/mol. The second-order valence-electron chi connectivity index (χ2n) is 2.01. The first-order valence-electron chi connectivity index (χ1n) is 2.02. The molecule has 0 unspecified atom stereocenters. The molecule has 0 N–H and O–H groups in total. The van der Waals surface area contributed by atoms with Crippen LogP contribution < -0.4 is 5.11 Å². The van der Waals surface area contributed by atoms with Gasteiger partial charge in [0.15, 0.2) is 3.79 Å². The van der Waals surface area contributed by atoms with E-state index < -0.39 is 9.39 Å². The first-order chi connectivity index (χ1) is 3.25. The van der Waals surface area contributed by atoms with E-state index in [1.165, 1.54) is 13.8 Å². The van der Waals surface area contributed by atoms with Gasteiger partial charge < -0.3 is 5.11 Å². The molecule has 0 aromatic rings. The van der Waals surface area contributed by atoms with Gasteiger partial charge in [0.1, 0.15) is 0 Å². The summed E-state index contributed by atoms with van der Waals surface area (Å²) in [6.07, 6.45) is 0. The van der Waals surface area contributed by atoms with E-state index in [-0.39, 0.29) is 0 Å². The van der Waals surface area contributed by atoms with Crippen molar-refractivity contribution in [2.45, 2.75) is 23.2 Å². The van der Waals surface area contributed by atoms with E-state index >= 15 is 0 Å². The highest BCUT2D eigenvalue weighted by Crippen LogP contribution is 2.35. The number of hydrogen-bond donors (Lipinski definition) is 0. The van der Waals surface area contributed by atoms with Gasteiger partial charge in [0, 0.05) is 0 Å². The van der Waals surface area contributed by atoms with Gasteiger partial charge >= 0.3 is 0 Å². The average Bonchev–Trinajstić information content (AvgIpc) is 1.25. The van der Waals surface area contributed by atoms with Gasteiger partial charge in [-0.05, 0) is 0 Å². The summed E-state index contributed by atoms with van der Waals surface area (Å²) in [4.78, 5) is 0. The van der Waals surface area contributed by atoms with Crippen LogP contribution in [0.5, 0.6) is 0 Å². The van der Waals surface area contributed by atoms with Gasteiger partial charge in [0.2, 0.25) is 0 Å². The number of rotatable bonds is 0. The Hall–Kier alpha value is 0.830. The Kier molecular flexibility index (Phi) is 2.45. The molecule has 0 saturated carbocycles. The molecule has 0 saturated heterocycles. The normalized spacial score (nSPS) is 14.2. The zero-order valence-electron chi connectivity index (χ0n) is 4.54. The molecule has 0 bridgehead atoms. The summed E-state index contributed by atoms with van der Waals surface area (Å²) in [7, 11) is 0. The Labute approximate surface area is 63.5 Å². The minimum absolute atomic E-state index is 1.32. The molecule has 0 aromatic carbocycles. The molecule has 0 radical (unpaired) electrons. The summed E-state index contributed by atoms with van der Waals surface area (Å²) >= 11 is 15.7. The third-order valence-corrected chi connectivity index (χ3v) is 2.05. The number of alkyl halides is 3. The van der Waals surface area contributed by atoms with Gasteiger partial charge in [0.25, 0.3) is 0 Å². The number of hydrogen-bond acceptors (Lipinski definition) is 1. The zero-order chi connectivity index (χ0) is 7.00. The fourth-order valence-corrected chi connectivity index (χ4v) is 0. The lowest BCUT2D eigenvalue weighted by Crippen LogP contribution is -2.48. The Morgan fingerprint density at radius 3 is 1.25 bits per heavy atom. The Morgan fingerprint density at radius 1 is 1.12 bits per heavy atom. The molecule has 0 amide bonds. The quantitative estimate of drug-likeness (QED) is 0.513. The molecule has 8 heavy (non-hydrogen) atoms. The van der Waals surface area contributed by atoms with Crippen molar-refractivity contribution >= 4 is 34.8 Å². The smallest absolute Gasteiger partial charge is 0.180 e.